The molecule has 10 heteroatoms. The molecule has 1 aliphatic heterocycles. The minimum absolute atomic E-state index is 0.0147. The first-order valence-electron chi connectivity index (χ1n) is 13.9. The molecule has 0 aromatic carbocycles. The second kappa shape index (κ2) is 11.3. The fourth-order valence-corrected chi connectivity index (χ4v) is 6.12. The van der Waals surface area contributed by atoms with Crippen molar-refractivity contribution in [2.75, 3.05) is 18.1 Å². The van der Waals surface area contributed by atoms with Crippen LogP contribution in [0, 0.1) is 5.82 Å². The smallest absolute Gasteiger partial charge is 0.355 e. The fraction of sp³-hybridized carbons (Fsp3) is 0.586. The van der Waals surface area contributed by atoms with E-state index in [0.29, 0.717) is 29.9 Å². The van der Waals surface area contributed by atoms with Crippen molar-refractivity contribution in [1.82, 2.24) is 19.5 Å². The van der Waals surface area contributed by atoms with Crippen LogP contribution in [-0.4, -0.2) is 47.0 Å². The molecule has 0 radical (unpaired) electrons. The van der Waals surface area contributed by atoms with Crippen molar-refractivity contribution in [1.29, 1.82) is 0 Å². The molecule has 0 bridgehead atoms. The third-order valence-electron chi connectivity index (χ3n) is 8.28. The minimum atomic E-state index is -1.97. The SMILES string of the molecule is CC(C)c1nccc(CCO[Si](C)(C)C(C)(C)C)c1-n1c(=O)nc(N2CCCC[C@@H]2C)c2cc(F)c(Cl)nc21. The number of hydrogen-bond donors (Lipinski definition) is 0. The van der Waals surface area contributed by atoms with Gasteiger partial charge < -0.3 is 9.33 Å². The Morgan fingerprint density at radius 1 is 1.23 bits per heavy atom. The number of hydrogen-bond acceptors (Lipinski definition) is 6. The molecule has 39 heavy (non-hydrogen) atoms. The molecule has 0 N–H and O–H groups in total. The van der Waals surface area contributed by atoms with Crippen LogP contribution >= 0.6 is 11.6 Å². The molecule has 3 aromatic rings. The number of aromatic nitrogens is 4. The third-order valence-corrected chi connectivity index (χ3v) is 13.1. The molecular weight excluding hydrogens is 533 g/mol. The highest BCUT2D eigenvalue weighted by atomic mass is 35.5. The first kappa shape index (κ1) is 29.6. The van der Waals surface area contributed by atoms with Gasteiger partial charge in [-0.1, -0.05) is 46.2 Å². The lowest BCUT2D eigenvalue weighted by Gasteiger charge is -2.36. The number of halogens is 2. The first-order chi connectivity index (χ1) is 18.2. The van der Waals surface area contributed by atoms with Crippen LogP contribution in [-0.2, 0) is 10.8 Å². The van der Waals surface area contributed by atoms with E-state index in [1.165, 1.54) is 10.6 Å². The van der Waals surface area contributed by atoms with E-state index in [-0.39, 0.29) is 27.8 Å². The van der Waals surface area contributed by atoms with Crippen molar-refractivity contribution in [3.8, 4) is 5.69 Å². The second-order valence-corrected chi connectivity index (χ2v) is 17.6. The van der Waals surface area contributed by atoms with E-state index < -0.39 is 19.8 Å². The topological polar surface area (TPSA) is 73.1 Å². The van der Waals surface area contributed by atoms with Crippen LogP contribution < -0.4 is 10.6 Å². The van der Waals surface area contributed by atoms with Gasteiger partial charge in [-0.15, -0.1) is 0 Å². The van der Waals surface area contributed by atoms with Gasteiger partial charge in [-0.2, -0.15) is 4.98 Å². The van der Waals surface area contributed by atoms with Crippen molar-refractivity contribution >= 4 is 36.8 Å². The maximum absolute atomic E-state index is 14.8. The van der Waals surface area contributed by atoms with Crippen LogP contribution in [0.3, 0.4) is 0 Å². The summed E-state index contributed by atoms with van der Waals surface area (Å²) in [5.74, 6) is -0.166. The molecule has 1 saturated heterocycles. The summed E-state index contributed by atoms with van der Waals surface area (Å²) in [5.41, 5.74) is 2.08. The Labute approximate surface area is 236 Å². The molecule has 0 aliphatic carbocycles. The highest BCUT2D eigenvalue weighted by Crippen LogP contribution is 2.37. The minimum Gasteiger partial charge on any atom is -0.416 e. The summed E-state index contributed by atoms with van der Waals surface area (Å²) < 4.78 is 22.8. The van der Waals surface area contributed by atoms with Crippen LogP contribution in [0.5, 0.6) is 0 Å². The Bertz CT molecular complexity index is 1420. The summed E-state index contributed by atoms with van der Waals surface area (Å²) in [7, 11) is -1.97. The van der Waals surface area contributed by atoms with Gasteiger partial charge in [0.05, 0.1) is 16.8 Å². The zero-order valence-electron chi connectivity index (χ0n) is 24.4. The van der Waals surface area contributed by atoms with Gasteiger partial charge in [0, 0.05) is 25.4 Å². The van der Waals surface area contributed by atoms with E-state index in [0.717, 1.165) is 37.1 Å². The summed E-state index contributed by atoms with van der Waals surface area (Å²) in [5, 5.41) is 0.269. The Balaban J connectivity index is 1.92. The monoisotopic (exact) mass is 573 g/mol. The van der Waals surface area contributed by atoms with Crippen LogP contribution in [0.4, 0.5) is 10.2 Å². The average molecular weight is 574 g/mol. The number of anilines is 1. The summed E-state index contributed by atoms with van der Waals surface area (Å²) >= 11 is 6.22. The Morgan fingerprint density at radius 3 is 2.59 bits per heavy atom. The molecule has 212 valence electrons. The molecule has 0 saturated carbocycles. The van der Waals surface area contributed by atoms with Gasteiger partial charge in [0.25, 0.3) is 0 Å². The lowest BCUT2D eigenvalue weighted by atomic mass is 10.0. The molecule has 7 nitrogen and oxygen atoms in total. The quantitative estimate of drug-likeness (QED) is 0.223. The van der Waals surface area contributed by atoms with Gasteiger partial charge in [0.2, 0.25) is 0 Å². The lowest BCUT2D eigenvalue weighted by molar-refractivity contribution is 0.292. The first-order valence-corrected chi connectivity index (χ1v) is 17.2. The van der Waals surface area contributed by atoms with E-state index in [1.54, 1.807) is 6.20 Å². The maximum Gasteiger partial charge on any atom is 0.355 e. The second-order valence-electron chi connectivity index (χ2n) is 12.4. The molecule has 1 atom stereocenters. The Kier molecular flexibility index (Phi) is 8.55. The van der Waals surface area contributed by atoms with E-state index in [2.05, 4.69) is 60.6 Å². The van der Waals surface area contributed by atoms with Crippen LogP contribution in [0.2, 0.25) is 23.3 Å². The van der Waals surface area contributed by atoms with Crippen LogP contribution in [0.1, 0.15) is 78.0 Å². The van der Waals surface area contributed by atoms with Gasteiger partial charge in [-0.3, -0.25) is 4.98 Å². The third kappa shape index (κ3) is 5.90. The van der Waals surface area contributed by atoms with Crippen molar-refractivity contribution in [2.24, 2.45) is 0 Å². The predicted molar refractivity (Wildman–Crippen MR) is 159 cm³/mol. The van der Waals surface area contributed by atoms with Crippen LogP contribution in [0.25, 0.3) is 16.7 Å². The van der Waals surface area contributed by atoms with Crippen LogP contribution in [0.15, 0.2) is 23.1 Å². The van der Waals surface area contributed by atoms with E-state index in [9.17, 15) is 9.18 Å². The highest BCUT2D eigenvalue weighted by molar-refractivity contribution is 6.74. The number of rotatable bonds is 7. The van der Waals surface area contributed by atoms with E-state index in [4.69, 9.17) is 16.0 Å². The van der Waals surface area contributed by atoms with Gasteiger partial charge in [0.15, 0.2) is 24.9 Å². The van der Waals surface area contributed by atoms with Gasteiger partial charge in [-0.05, 0) is 74.4 Å². The molecule has 0 spiro atoms. The number of pyridine rings is 2. The molecular formula is C29H41ClFN5O2Si. The molecule has 3 aromatic heterocycles. The molecule has 1 aliphatic rings. The molecule has 1 fully saturated rings. The molecule has 0 unspecified atom stereocenters. The van der Waals surface area contributed by atoms with Crippen molar-refractivity contribution in [2.45, 2.75) is 97.3 Å². The Hall–Kier alpha value is -2.36. The maximum atomic E-state index is 14.8. The van der Waals surface area contributed by atoms with Crippen molar-refractivity contribution in [3.05, 3.63) is 51.0 Å². The van der Waals surface area contributed by atoms with Crippen molar-refractivity contribution < 1.29 is 8.82 Å². The normalized spacial score (nSPS) is 16.9. The number of piperidine rings is 1. The highest BCUT2D eigenvalue weighted by Gasteiger charge is 2.37. The lowest BCUT2D eigenvalue weighted by Crippen LogP contribution is -2.41. The van der Waals surface area contributed by atoms with E-state index in [1.807, 2.05) is 19.9 Å². The predicted octanol–water partition coefficient (Wildman–Crippen LogP) is 7.03. The van der Waals surface area contributed by atoms with E-state index >= 15 is 0 Å². The fourth-order valence-electron chi connectivity index (χ4n) is 4.94. The molecule has 4 rings (SSSR count). The largest absolute Gasteiger partial charge is 0.416 e. The zero-order chi connectivity index (χ0) is 28.7. The number of fused-ring (bicyclic) bond motifs is 1. The van der Waals surface area contributed by atoms with Gasteiger partial charge in [0.1, 0.15) is 5.82 Å². The standard InChI is InChI=1S/C29H41ClFN5O2Si/c1-18(2)23-24(20(12-14-32-23)13-16-38-39(7,8)29(4,5)6)36-27-21(17-22(31)25(30)33-27)26(34-28(36)37)35-15-10-9-11-19(35)3/h12,14,17-19H,9-11,13,15-16H2,1-8H3/t19-/m0/s1. The van der Waals surface area contributed by atoms with Gasteiger partial charge >= 0.3 is 5.69 Å². The summed E-state index contributed by atoms with van der Waals surface area (Å²) in [4.78, 5) is 29.6. The Morgan fingerprint density at radius 2 is 1.95 bits per heavy atom. The number of nitrogens with zero attached hydrogens (tertiary/aromatic N) is 5. The summed E-state index contributed by atoms with van der Waals surface area (Å²) in [6.07, 6.45) is 5.43. The molecule has 0 amide bonds. The zero-order valence-corrected chi connectivity index (χ0v) is 26.2. The summed E-state index contributed by atoms with van der Waals surface area (Å²) in [6, 6.07) is 3.45. The van der Waals surface area contributed by atoms with Gasteiger partial charge in [-0.25, -0.2) is 18.7 Å². The average Bonchev–Trinajstić information content (AvgIpc) is 2.84. The summed E-state index contributed by atoms with van der Waals surface area (Å²) in [6.45, 7) is 18.5. The molecule has 4 heterocycles. The van der Waals surface area contributed by atoms with Crippen molar-refractivity contribution in [3.63, 3.8) is 0 Å².